The predicted octanol–water partition coefficient (Wildman–Crippen LogP) is 5.11. The molecule has 33 heavy (non-hydrogen) atoms. The van der Waals surface area contributed by atoms with Crippen molar-refractivity contribution in [3.63, 3.8) is 0 Å². The highest BCUT2D eigenvalue weighted by molar-refractivity contribution is 6.34. The van der Waals surface area contributed by atoms with Gasteiger partial charge in [0.05, 0.1) is 22.7 Å². The van der Waals surface area contributed by atoms with E-state index in [1.54, 1.807) is 43.5 Å². The lowest BCUT2D eigenvalue weighted by Crippen LogP contribution is -2.26. The Morgan fingerprint density at radius 2 is 1.76 bits per heavy atom. The van der Waals surface area contributed by atoms with Crippen LogP contribution in [0.4, 0.5) is 11.4 Å². The largest absolute Gasteiger partial charge is 0.496 e. The van der Waals surface area contributed by atoms with E-state index in [0.29, 0.717) is 17.7 Å². The topological polar surface area (TPSA) is 108 Å². The number of nitro groups is 1. The molecule has 1 unspecified atom stereocenters. The zero-order valence-electron chi connectivity index (χ0n) is 17.7. The van der Waals surface area contributed by atoms with Gasteiger partial charge in [-0.1, -0.05) is 60.1 Å². The minimum Gasteiger partial charge on any atom is -0.496 e. The fourth-order valence-electron chi connectivity index (χ4n) is 3.15. The molecule has 170 valence electrons. The molecule has 0 radical (unpaired) electrons. The van der Waals surface area contributed by atoms with E-state index in [1.165, 1.54) is 12.1 Å². The number of amides is 1. The molecule has 9 heteroatoms. The Kier molecular flexibility index (Phi) is 7.99. The normalized spacial score (nSPS) is 11.3. The summed E-state index contributed by atoms with van der Waals surface area (Å²) in [5.41, 5.74) is 1.27. The van der Waals surface area contributed by atoms with Crippen molar-refractivity contribution in [2.75, 3.05) is 12.4 Å². The highest BCUT2D eigenvalue weighted by atomic mass is 35.5. The van der Waals surface area contributed by atoms with Crippen LogP contribution < -0.4 is 10.1 Å². The molecule has 8 nitrogen and oxygen atoms in total. The van der Waals surface area contributed by atoms with Crippen LogP contribution in [0.3, 0.4) is 0 Å². The number of rotatable bonds is 9. The van der Waals surface area contributed by atoms with E-state index in [0.717, 1.165) is 11.6 Å². The number of carbonyl (C=O) groups excluding carboxylic acids is 2. The van der Waals surface area contributed by atoms with Crippen LogP contribution in [0.25, 0.3) is 0 Å². The molecule has 0 spiro atoms. The van der Waals surface area contributed by atoms with E-state index >= 15 is 0 Å². The lowest BCUT2D eigenvalue weighted by molar-refractivity contribution is -0.384. The van der Waals surface area contributed by atoms with Crippen molar-refractivity contribution in [3.05, 3.63) is 99.1 Å². The molecular formula is C24H21ClN2O6. The summed E-state index contributed by atoms with van der Waals surface area (Å²) in [4.78, 5) is 35.9. The van der Waals surface area contributed by atoms with Crippen molar-refractivity contribution in [2.45, 2.75) is 18.9 Å². The van der Waals surface area contributed by atoms with Crippen LogP contribution in [-0.2, 0) is 20.7 Å². The van der Waals surface area contributed by atoms with Gasteiger partial charge in [-0.05, 0) is 24.1 Å². The van der Waals surface area contributed by atoms with Gasteiger partial charge in [0.15, 0.2) is 0 Å². The van der Waals surface area contributed by atoms with Crippen LogP contribution in [0.5, 0.6) is 5.75 Å². The second-order valence-corrected chi connectivity index (χ2v) is 7.41. The van der Waals surface area contributed by atoms with Crippen LogP contribution in [0.1, 0.15) is 23.7 Å². The van der Waals surface area contributed by atoms with Gasteiger partial charge in [0, 0.05) is 24.1 Å². The van der Waals surface area contributed by atoms with E-state index < -0.39 is 22.9 Å². The molecule has 0 saturated heterocycles. The van der Waals surface area contributed by atoms with Gasteiger partial charge in [-0.15, -0.1) is 0 Å². The van der Waals surface area contributed by atoms with Gasteiger partial charge >= 0.3 is 5.97 Å². The van der Waals surface area contributed by atoms with Crippen molar-refractivity contribution in [1.82, 2.24) is 0 Å². The average molecular weight is 469 g/mol. The van der Waals surface area contributed by atoms with Gasteiger partial charge in [0.25, 0.3) is 11.6 Å². The molecule has 3 rings (SSSR count). The van der Waals surface area contributed by atoms with Gasteiger partial charge in [-0.2, -0.15) is 0 Å². The number of aryl methyl sites for hydroxylation is 1. The fraction of sp³-hybridized carbons (Fsp3) is 0.167. The lowest BCUT2D eigenvalue weighted by Gasteiger charge is -2.19. The molecule has 0 aliphatic rings. The Morgan fingerprint density at radius 1 is 1.06 bits per heavy atom. The minimum absolute atomic E-state index is 0.00754. The first-order valence-electron chi connectivity index (χ1n) is 10.00. The highest BCUT2D eigenvalue weighted by Crippen LogP contribution is 2.29. The van der Waals surface area contributed by atoms with E-state index in [4.69, 9.17) is 21.1 Å². The second-order valence-electron chi connectivity index (χ2n) is 7.00. The lowest BCUT2D eigenvalue weighted by atomic mass is 10.1. The molecule has 1 amide bonds. The Hall–Kier alpha value is -3.91. The number of para-hydroxylation sites is 1. The molecular weight excluding hydrogens is 448 g/mol. The Labute approximate surface area is 195 Å². The van der Waals surface area contributed by atoms with Gasteiger partial charge < -0.3 is 14.8 Å². The van der Waals surface area contributed by atoms with Crippen molar-refractivity contribution in [1.29, 1.82) is 0 Å². The number of carbonyl (C=O) groups is 2. The maximum absolute atomic E-state index is 13.0. The number of esters is 1. The summed E-state index contributed by atoms with van der Waals surface area (Å²) in [6.45, 7) is 0. The summed E-state index contributed by atoms with van der Waals surface area (Å²) in [7, 11) is 1.55. The quantitative estimate of drug-likeness (QED) is 0.265. The van der Waals surface area contributed by atoms with Crippen LogP contribution in [0, 0.1) is 10.1 Å². The first kappa shape index (κ1) is 23.7. The monoisotopic (exact) mass is 468 g/mol. The van der Waals surface area contributed by atoms with E-state index in [1.807, 2.05) is 18.2 Å². The molecule has 0 aliphatic heterocycles. The van der Waals surface area contributed by atoms with E-state index in [9.17, 15) is 19.7 Å². The van der Waals surface area contributed by atoms with Crippen LogP contribution in [0.2, 0.25) is 5.02 Å². The summed E-state index contributed by atoms with van der Waals surface area (Å²) >= 11 is 6.08. The molecule has 1 N–H and O–H groups in total. The van der Waals surface area contributed by atoms with Crippen molar-refractivity contribution >= 4 is 34.9 Å². The average Bonchev–Trinajstić information content (AvgIpc) is 2.83. The zero-order valence-corrected chi connectivity index (χ0v) is 18.5. The summed E-state index contributed by atoms with van der Waals surface area (Å²) in [6, 6.07) is 19.5. The number of nitrogens with zero attached hydrogens (tertiary/aromatic N) is 1. The Balaban J connectivity index is 1.74. The molecule has 3 aromatic rings. The molecule has 0 heterocycles. The van der Waals surface area contributed by atoms with Gasteiger partial charge in [0.1, 0.15) is 5.75 Å². The number of methoxy groups -OCH3 is 1. The highest BCUT2D eigenvalue weighted by Gasteiger charge is 2.26. The fourth-order valence-corrected chi connectivity index (χ4v) is 3.38. The first-order valence-corrected chi connectivity index (χ1v) is 10.4. The number of ether oxygens (including phenoxy) is 2. The summed E-state index contributed by atoms with van der Waals surface area (Å²) in [6.07, 6.45) is -0.822. The number of nitro benzene ring substituents is 1. The third-order valence-electron chi connectivity index (χ3n) is 4.80. The van der Waals surface area contributed by atoms with Gasteiger partial charge in [-0.3, -0.25) is 19.7 Å². The summed E-state index contributed by atoms with van der Waals surface area (Å²) in [5, 5.41) is 13.5. The zero-order chi connectivity index (χ0) is 23.8. The number of halogens is 1. The molecule has 3 aromatic carbocycles. The molecule has 0 fully saturated rings. The van der Waals surface area contributed by atoms with Crippen molar-refractivity contribution in [3.8, 4) is 5.75 Å². The number of anilines is 1. The maximum Gasteiger partial charge on any atom is 0.307 e. The predicted molar refractivity (Wildman–Crippen MR) is 123 cm³/mol. The van der Waals surface area contributed by atoms with Crippen molar-refractivity contribution in [2.24, 2.45) is 0 Å². The van der Waals surface area contributed by atoms with Crippen molar-refractivity contribution < 1.29 is 24.0 Å². The third kappa shape index (κ3) is 6.30. The maximum atomic E-state index is 13.0. The summed E-state index contributed by atoms with van der Waals surface area (Å²) in [5.74, 6) is -0.544. The third-order valence-corrected chi connectivity index (χ3v) is 5.11. The van der Waals surface area contributed by atoms with E-state index in [-0.39, 0.29) is 22.8 Å². The molecule has 0 aliphatic carbocycles. The molecule has 0 aromatic heterocycles. The molecule has 1 atom stereocenters. The number of non-ortho nitro benzene ring substituents is 1. The second kappa shape index (κ2) is 11.1. The Morgan fingerprint density at radius 3 is 2.42 bits per heavy atom. The number of benzene rings is 3. The van der Waals surface area contributed by atoms with E-state index in [2.05, 4.69) is 5.32 Å². The number of hydrogen-bond donors (Lipinski definition) is 1. The van der Waals surface area contributed by atoms with Gasteiger partial charge in [0.2, 0.25) is 6.10 Å². The first-order chi connectivity index (χ1) is 15.9. The van der Waals surface area contributed by atoms with Crippen LogP contribution in [0.15, 0.2) is 72.8 Å². The Bertz CT molecular complexity index is 1150. The number of hydrogen-bond acceptors (Lipinski definition) is 6. The van der Waals surface area contributed by atoms with Crippen LogP contribution >= 0.6 is 11.6 Å². The smallest absolute Gasteiger partial charge is 0.307 e. The van der Waals surface area contributed by atoms with Crippen LogP contribution in [-0.4, -0.2) is 23.9 Å². The standard InChI is InChI=1S/C24H21ClN2O6/c1-32-21-10-6-5-7-16(21)11-14-22(28)33-23(17-8-3-2-4-9-17)24(29)26-20-13-12-18(27(30)31)15-19(20)25/h2-10,12-13,15,23H,11,14H2,1H3,(H,26,29). The minimum atomic E-state index is -1.23. The SMILES string of the molecule is COc1ccccc1CCC(=O)OC(C(=O)Nc1ccc([N+](=O)[O-])cc1Cl)c1ccccc1. The molecule has 0 saturated carbocycles. The van der Waals surface area contributed by atoms with Gasteiger partial charge in [-0.25, -0.2) is 0 Å². The summed E-state index contributed by atoms with van der Waals surface area (Å²) < 4.78 is 10.8. The number of nitrogens with one attached hydrogen (secondary N) is 1. The molecule has 0 bridgehead atoms.